The van der Waals surface area contributed by atoms with E-state index in [-0.39, 0.29) is 35.7 Å². The highest BCUT2D eigenvalue weighted by Crippen LogP contribution is 2.17. The van der Waals surface area contributed by atoms with Gasteiger partial charge in [0.1, 0.15) is 5.65 Å². The second-order valence-corrected chi connectivity index (χ2v) is 9.45. The molecule has 0 unspecified atom stereocenters. The van der Waals surface area contributed by atoms with Crippen molar-refractivity contribution in [2.75, 3.05) is 18.0 Å². The normalized spacial score (nSPS) is 11.4. The van der Waals surface area contributed by atoms with E-state index in [1.165, 1.54) is 9.25 Å². The lowest BCUT2D eigenvalue weighted by Crippen LogP contribution is -2.45. The summed E-state index contributed by atoms with van der Waals surface area (Å²) in [5.74, 6) is -0.916. The Kier molecular flexibility index (Phi) is 7.65. The summed E-state index contributed by atoms with van der Waals surface area (Å²) in [5.41, 5.74) is 2.38. The number of nitriles is 1. The van der Waals surface area contributed by atoms with Gasteiger partial charge in [-0.2, -0.15) is 5.26 Å². The molecule has 0 radical (unpaired) electrons. The summed E-state index contributed by atoms with van der Waals surface area (Å²) in [4.78, 5) is 40.6. The lowest BCUT2D eigenvalue weighted by Gasteiger charge is -2.23. The number of aromatic amines is 1. The molecule has 41 heavy (non-hydrogen) atoms. The van der Waals surface area contributed by atoms with E-state index in [0.29, 0.717) is 39.7 Å². The standard InChI is InChI=1S/C32H27N5O4/c1-22-27(21-23-13-15-24(16-14-23)35(19-8-18-33)20-17-28(38)39)31(40)36(25-9-4-2-5-10-25)30-29(22)32(41)37(34-30)26-11-6-3-7-12-26/h2-7,9-16,21,34H,1,8,17,19-20H2,(H,38,39). The lowest BCUT2D eigenvalue weighted by molar-refractivity contribution is -0.136. The third-order valence-electron chi connectivity index (χ3n) is 6.84. The van der Waals surface area contributed by atoms with Gasteiger partial charge in [-0.3, -0.25) is 24.0 Å². The van der Waals surface area contributed by atoms with Crippen LogP contribution in [-0.2, 0) is 4.79 Å². The molecule has 9 heteroatoms. The van der Waals surface area contributed by atoms with Gasteiger partial charge >= 0.3 is 5.97 Å². The summed E-state index contributed by atoms with van der Waals surface area (Å²) in [6.45, 7) is 4.82. The van der Waals surface area contributed by atoms with Gasteiger partial charge in [-0.25, -0.2) is 4.68 Å². The van der Waals surface area contributed by atoms with Crippen molar-refractivity contribution in [2.24, 2.45) is 0 Å². The highest BCUT2D eigenvalue weighted by molar-refractivity contribution is 5.78. The SMILES string of the molecule is C=c1c(=Cc2ccc(N(CCC#N)CCC(=O)O)cc2)c(=O)n(-c2ccccc2)c2[nH]n(-c3ccccc3)c(=O)c12. The molecule has 0 amide bonds. The van der Waals surface area contributed by atoms with E-state index in [2.05, 4.69) is 17.7 Å². The average molecular weight is 546 g/mol. The number of hydrogen-bond donors (Lipinski definition) is 2. The fourth-order valence-electron chi connectivity index (χ4n) is 4.81. The van der Waals surface area contributed by atoms with Crippen LogP contribution in [0, 0.1) is 11.3 Å². The van der Waals surface area contributed by atoms with Gasteiger partial charge in [0.2, 0.25) is 0 Å². The maximum Gasteiger partial charge on any atom is 0.305 e. The molecule has 9 nitrogen and oxygen atoms in total. The first-order chi connectivity index (χ1) is 19.9. The van der Waals surface area contributed by atoms with Crippen LogP contribution in [0.1, 0.15) is 18.4 Å². The second-order valence-electron chi connectivity index (χ2n) is 9.45. The first-order valence-electron chi connectivity index (χ1n) is 13.0. The Hall–Kier alpha value is -5.62. The minimum absolute atomic E-state index is 0.0552. The molecular formula is C32H27N5O4. The molecule has 0 aliphatic heterocycles. The van der Waals surface area contributed by atoms with Crippen molar-refractivity contribution in [3.8, 4) is 17.4 Å². The van der Waals surface area contributed by atoms with Gasteiger partial charge in [-0.05, 0) is 53.3 Å². The van der Waals surface area contributed by atoms with Crippen LogP contribution in [-0.4, -0.2) is 38.5 Å². The number of carboxylic acid groups (broad SMARTS) is 1. The Bertz CT molecular complexity index is 1980. The van der Waals surface area contributed by atoms with Gasteiger partial charge in [0, 0.05) is 24.0 Å². The van der Waals surface area contributed by atoms with Crippen molar-refractivity contribution in [3.63, 3.8) is 0 Å². The van der Waals surface area contributed by atoms with E-state index in [0.717, 1.165) is 5.69 Å². The molecule has 0 aliphatic carbocycles. The highest BCUT2D eigenvalue weighted by atomic mass is 16.4. The van der Waals surface area contributed by atoms with Gasteiger partial charge in [0.05, 0.1) is 35.7 Å². The molecule has 0 bridgehead atoms. The van der Waals surface area contributed by atoms with Gasteiger partial charge < -0.3 is 10.0 Å². The molecule has 0 saturated heterocycles. The highest BCUT2D eigenvalue weighted by Gasteiger charge is 2.17. The monoisotopic (exact) mass is 545 g/mol. The molecule has 0 fully saturated rings. The van der Waals surface area contributed by atoms with Crippen LogP contribution in [0.4, 0.5) is 5.69 Å². The summed E-state index contributed by atoms with van der Waals surface area (Å²) >= 11 is 0. The molecule has 0 saturated carbocycles. The van der Waals surface area contributed by atoms with Crippen molar-refractivity contribution in [2.45, 2.75) is 12.8 Å². The zero-order valence-electron chi connectivity index (χ0n) is 22.2. The number of carbonyl (C=O) groups is 1. The Balaban J connectivity index is 1.68. The summed E-state index contributed by atoms with van der Waals surface area (Å²) in [7, 11) is 0. The number of para-hydroxylation sites is 2. The minimum atomic E-state index is -0.916. The Labute approximate surface area is 234 Å². The van der Waals surface area contributed by atoms with E-state index >= 15 is 0 Å². The van der Waals surface area contributed by atoms with Gasteiger partial charge in [-0.1, -0.05) is 55.1 Å². The van der Waals surface area contributed by atoms with E-state index in [1.807, 2.05) is 65.6 Å². The zero-order chi connectivity index (χ0) is 28.9. The van der Waals surface area contributed by atoms with E-state index < -0.39 is 5.97 Å². The number of rotatable bonds is 9. The number of nitrogens with zero attached hydrogens (tertiary/aromatic N) is 4. The molecule has 3 aromatic carbocycles. The number of pyridine rings is 1. The molecule has 2 heterocycles. The summed E-state index contributed by atoms with van der Waals surface area (Å²) in [6.07, 6.45) is 1.90. The number of aromatic nitrogens is 3. The fraction of sp³-hybridized carbons (Fsp3) is 0.125. The van der Waals surface area contributed by atoms with Crippen molar-refractivity contribution < 1.29 is 9.90 Å². The first kappa shape index (κ1) is 27.0. The molecule has 5 rings (SSSR count). The Morgan fingerprint density at radius 3 is 2.17 bits per heavy atom. The summed E-state index contributed by atoms with van der Waals surface area (Å²) < 4.78 is 2.89. The fourth-order valence-corrected chi connectivity index (χ4v) is 4.81. The molecule has 0 spiro atoms. The first-order valence-corrected chi connectivity index (χ1v) is 13.0. The third-order valence-corrected chi connectivity index (χ3v) is 6.84. The molecule has 2 N–H and O–H groups in total. The topological polar surface area (TPSA) is 124 Å². The molecule has 0 atom stereocenters. The van der Waals surface area contributed by atoms with Crippen LogP contribution in [0.2, 0.25) is 0 Å². The second kappa shape index (κ2) is 11.6. The van der Waals surface area contributed by atoms with Crippen molar-refractivity contribution in [1.29, 1.82) is 5.26 Å². The number of aliphatic carboxylic acids is 1. The third kappa shape index (κ3) is 5.44. The predicted molar refractivity (Wildman–Crippen MR) is 159 cm³/mol. The number of hydrogen-bond acceptors (Lipinski definition) is 5. The number of fused-ring (bicyclic) bond motifs is 1. The van der Waals surface area contributed by atoms with E-state index in [4.69, 9.17) is 10.4 Å². The number of carboxylic acids is 1. The molecular weight excluding hydrogens is 518 g/mol. The van der Waals surface area contributed by atoms with E-state index in [9.17, 15) is 14.4 Å². The molecule has 204 valence electrons. The van der Waals surface area contributed by atoms with Crippen LogP contribution in [0.5, 0.6) is 0 Å². The smallest absolute Gasteiger partial charge is 0.305 e. The predicted octanol–water partition coefficient (Wildman–Crippen LogP) is 2.90. The largest absolute Gasteiger partial charge is 0.481 e. The number of benzene rings is 3. The van der Waals surface area contributed by atoms with Gasteiger partial charge in [0.15, 0.2) is 0 Å². The quantitative estimate of drug-likeness (QED) is 0.294. The average Bonchev–Trinajstić information content (AvgIpc) is 3.33. The van der Waals surface area contributed by atoms with Gasteiger partial charge in [0.25, 0.3) is 11.1 Å². The minimum Gasteiger partial charge on any atom is -0.481 e. The van der Waals surface area contributed by atoms with Crippen molar-refractivity contribution in [3.05, 3.63) is 122 Å². The van der Waals surface area contributed by atoms with E-state index in [1.54, 1.807) is 30.3 Å². The number of H-pyrrole nitrogens is 1. The summed E-state index contributed by atoms with van der Waals surface area (Å²) in [5, 5.41) is 22.1. The van der Waals surface area contributed by atoms with Crippen LogP contribution < -0.4 is 26.5 Å². The Morgan fingerprint density at radius 2 is 1.56 bits per heavy atom. The molecule has 5 aromatic rings. The van der Waals surface area contributed by atoms with Crippen LogP contribution in [0.15, 0.2) is 94.5 Å². The Morgan fingerprint density at radius 1 is 0.927 bits per heavy atom. The summed E-state index contributed by atoms with van der Waals surface area (Å²) in [6, 6.07) is 27.6. The maximum absolute atomic E-state index is 14.0. The van der Waals surface area contributed by atoms with Crippen molar-refractivity contribution in [1.82, 2.24) is 14.3 Å². The van der Waals surface area contributed by atoms with Crippen LogP contribution in [0.25, 0.3) is 35.1 Å². The van der Waals surface area contributed by atoms with Gasteiger partial charge in [-0.15, -0.1) is 0 Å². The number of nitrogens with one attached hydrogen (secondary N) is 1. The zero-order valence-corrected chi connectivity index (χ0v) is 22.2. The van der Waals surface area contributed by atoms with Crippen LogP contribution >= 0.6 is 0 Å². The molecule has 2 aromatic heterocycles. The van der Waals surface area contributed by atoms with Crippen molar-refractivity contribution >= 4 is 35.3 Å². The van der Waals surface area contributed by atoms with Crippen LogP contribution in [0.3, 0.4) is 0 Å². The maximum atomic E-state index is 14.0. The molecule has 0 aliphatic rings. The number of anilines is 1. The lowest BCUT2D eigenvalue weighted by atomic mass is 10.1.